The van der Waals surface area contributed by atoms with Crippen molar-refractivity contribution in [2.45, 2.75) is 19.4 Å². The number of rotatable bonds is 4. The fourth-order valence-corrected chi connectivity index (χ4v) is 2.42. The van der Waals surface area contributed by atoms with Gasteiger partial charge in [0.15, 0.2) is 5.54 Å². The van der Waals surface area contributed by atoms with Gasteiger partial charge in [-0.05, 0) is 11.5 Å². The summed E-state index contributed by atoms with van der Waals surface area (Å²) in [5, 5.41) is 9.77. The second kappa shape index (κ2) is 4.64. The van der Waals surface area contributed by atoms with E-state index in [-0.39, 0.29) is 5.92 Å². The summed E-state index contributed by atoms with van der Waals surface area (Å²) in [5.74, 6) is -0.978. The third-order valence-electron chi connectivity index (χ3n) is 3.29. The van der Waals surface area contributed by atoms with Gasteiger partial charge in [-0.1, -0.05) is 44.2 Å². The molecule has 0 aliphatic carbocycles. The number of carboxylic acids is 1. The number of hydrogen-bond acceptors (Lipinski definition) is 2. The molecule has 0 bridgehead atoms. The molecule has 18 heavy (non-hydrogen) atoms. The third-order valence-corrected chi connectivity index (χ3v) is 3.29. The predicted molar refractivity (Wildman–Crippen MR) is 68.2 cm³/mol. The van der Waals surface area contributed by atoms with Gasteiger partial charge < -0.3 is 9.67 Å². The van der Waals surface area contributed by atoms with E-state index in [9.17, 15) is 9.90 Å². The third kappa shape index (κ3) is 1.70. The van der Waals surface area contributed by atoms with E-state index in [1.807, 2.05) is 44.2 Å². The maximum absolute atomic E-state index is 11.9. The van der Waals surface area contributed by atoms with E-state index in [4.69, 9.17) is 0 Å². The largest absolute Gasteiger partial charge is 0.479 e. The molecule has 0 aliphatic rings. The van der Waals surface area contributed by atoms with Gasteiger partial charge in [-0.3, -0.25) is 0 Å². The number of hydrogen-bond donors (Lipinski definition) is 1. The topological polar surface area (TPSA) is 55.1 Å². The summed E-state index contributed by atoms with van der Waals surface area (Å²) in [6.07, 6.45) is 4.85. The quantitative estimate of drug-likeness (QED) is 0.898. The highest BCUT2D eigenvalue weighted by Crippen LogP contribution is 2.34. The van der Waals surface area contributed by atoms with Gasteiger partial charge in [0.05, 0.1) is 6.33 Å². The molecule has 0 spiro atoms. The van der Waals surface area contributed by atoms with E-state index in [1.165, 1.54) is 0 Å². The van der Waals surface area contributed by atoms with Crippen molar-refractivity contribution >= 4 is 5.97 Å². The Hall–Kier alpha value is -2.10. The molecule has 4 heteroatoms. The van der Waals surface area contributed by atoms with Crippen LogP contribution in [0.4, 0.5) is 0 Å². The van der Waals surface area contributed by atoms with Crippen LogP contribution in [0.3, 0.4) is 0 Å². The molecule has 0 amide bonds. The highest BCUT2D eigenvalue weighted by molar-refractivity contribution is 5.81. The lowest BCUT2D eigenvalue weighted by atomic mass is 9.79. The fourth-order valence-electron chi connectivity index (χ4n) is 2.42. The Morgan fingerprint density at radius 3 is 2.44 bits per heavy atom. The van der Waals surface area contributed by atoms with Crippen LogP contribution >= 0.6 is 0 Å². The highest BCUT2D eigenvalue weighted by atomic mass is 16.4. The second-order valence-corrected chi connectivity index (χ2v) is 4.56. The van der Waals surface area contributed by atoms with Crippen molar-refractivity contribution in [2.75, 3.05) is 0 Å². The van der Waals surface area contributed by atoms with Gasteiger partial charge in [-0.25, -0.2) is 9.78 Å². The first kappa shape index (κ1) is 12.4. The first-order valence-corrected chi connectivity index (χ1v) is 5.87. The molecule has 1 heterocycles. The van der Waals surface area contributed by atoms with Crippen molar-refractivity contribution in [3.63, 3.8) is 0 Å². The molecule has 2 rings (SSSR count). The standard InChI is InChI=1S/C14H16N2O2/c1-11(2)14(13(17)18,16-9-8-15-10-16)12-6-4-3-5-7-12/h3-11H,1-2H3,(H,17,18). The van der Waals surface area contributed by atoms with Crippen LogP contribution in [-0.2, 0) is 10.3 Å². The number of aromatic nitrogens is 2. The number of imidazole rings is 1. The molecule has 94 valence electrons. The minimum absolute atomic E-state index is 0.105. The van der Waals surface area contributed by atoms with E-state index in [2.05, 4.69) is 4.98 Å². The summed E-state index contributed by atoms with van der Waals surface area (Å²) < 4.78 is 1.66. The second-order valence-electron chi connectivity index (χ2n) is 4.56. The molecule has 1 unspecified atom stereocenters. The van der Waals surface area contributed by atoms with Gasteiger partial charge in [-0.15, -0.1) is 0 Å². The maximum Gasteiger partial charge on any atom is 0.334 e. The van der Waals surface area contributed by atoms with Crippen molar-refractivity contribution in [3.05, 3.63) is 54.6 Å². The van der Waals surface area contributed by atoms with Gasteiger partial charge in [0, 0.05) is 12.4 Å². The molecule has 1 aromatic carbocycles. The van der Waals surface area contributed by atoms with Crippen molar-refractivity contribution in [2.24, 2.45) is 5.92 Å². The monoisotopic (exact) mass is 244 g/mol. The molecule has 4 nitrogen and oxygen atoms in total. The van der Waals surface area contributed by atoms with Gasteiger partial charge in [0.2, 0.25) is 0 Å². The van der Waals surface area contributed by atoms with E-state index in [0.29, 0.717) is 0 Å². The van der Waals surface area contributed by atoms with Gasteiger partial charge in [0.1, 0.15) is 0 Å². The molecular formula is C14H16N2O2. The Balaban J connectivity index is 2.70. The average Bonchev–Trinajstić information content (AvgIpc) is 2.84. The number of benzene rings is 1. The molecule has 0 radical (unpaired) electrons. The Morgan fingerprint density at radius 2 is 2.00 bits per heavy atom. The molecule has 1 N–H and O–H groups in total. The maximum atomic E-state index is 11.9. The Labute approximate surface area is 106 Å². The normalized spacial score (nSPS) is 14.4. The Bertz CT molecular complexity index is 520. The van der Waals surface area contributed by atoms with Crippen LogP contribution in [0, 0.1) is 5.92 Å². The van der Waals surface area contributed by atoms with E-state index >= 15 is 0 Å². The average molecular weight is 244 g/mol. The molecule has 2 aromatic rings. The van der Waals surface area contributed by atoms with Crippen molar-refractivity contribution < 1.29 is 9.90 Å². The minimum atomic E-state index is -1.11. The lowest BCUT2D eigenvalue weighted by Crippen LogP contribution is -2.47. The molecular weight excluding hydrogens is 228 g/mol. The number of nitrogens with zero attached hydrogens (tertiary/aromatic N) is 2. The summed E-state index contributed by atoms with van der Waals surface area (Å²) in [5.41, 5.74) is -0.358. The number of carboxylic acid groups (broad SMARTS) is 1. The summed E-state index contributed by atoms with van der Waals surface area (Å²) in [4.78, 5) is 15.9. The summed E-state index contributed by atoms with van der Waals surface area (Å²) in [6.45, 7) is 3.81. The molecule has 1 aromatic heterocycles. The van der Waals surface area contributed by atoms with Crippen LogP contribution in [0.15, 0.2) is 49.1 Å². The van der Waals surface area contributed by atoms with Crippen LogP contribution in [0.25, 0.3) is 0 Å². The first-order chi connectivity index (χ1) is 8.60. The van der Waals surface area contributed by atoms with Crippen LogP contribution in [-0.4, -0.2) is 20.6 Å². The van der Waals surface area contributed by atoms with Gasteiger partial charge in [0.25, 0.3) is 0 Å². The zero-order valence-electron chi connectivity index (χ0n) is 10.4. The first-order valence-electron chi connectivity index (χ1n) is 5.87. The molecule has 1 atom stereocenters. The van der Waals surface area contributed by atoms with E-state index < -0.39 is 11.5 Å². The Morgan fingerprint density at radius 1 is 1.33 bits per heavy atom. The van der Waals surface area contributed by atoms with Crippen LogP contribution in [0.1, 0.15) is 19.4 Å². The highest BCUT2D eigenvalue weighted by Gasteiger charge is 2.45. The predicted octanol–water partition coefficient (Wildman–Crippen LogP) is 2.37. The van der Waals surface area contributed by atoms with Crippen molar-refractivity contribution in [1.82, 2.24) is 9.55 Å². The lowest BCUT2D eigenvalue weighted by molar-refractivity contribution is -0.147. The molecule has 0 aliphatic heterocycles. The van der Waals surface area contributed by atoms with Crippen LogP contribution in [0.2, 0.25) is 0 Å². The zero-order valence-corrected chi connectivity index (χ0v) is 10.4. The lowest BCUT2D eigenvalue weighted by Gasteiger charge is -2.35. The van der Waals surface area contributed by atoms with Gasteiger partial charge >= 0.3 is 5.97 Å². The smallest absolute Gasteiger partial charge is 0.334 e. The fraction of sp³-hybridized carbons (Fsp3) is 0.286. The number of carbonyl (C=O) groups is 1. The van der Waals surface area contributed by atoms with Crippen LogP contribution < -0.4 is 0 Å². The number of aliphatic carboxylic acids is 1. The SMILES string of the molecule is CC(C)C(C(=O)O)(c1ccccc1)n1ccnc1. The summed E-state index contributed by atoms with van der Waals surface area (Å²) >= 11 is 0. The van der Waals surface area contributed by atoms with E-state index in [1.54, 1.807) is 23.3 Å². The zero-order chi connectivity index (χ0) is 13.2. The van der Waals surface area contributed by atoms with Crippen molar-refractivity contribution in [1.29, 1.82) is 0 Å². The summed E-state index contributed by atoms with van der Waals surface area (Å²) in [6, 6.07) is 9.27. The van der Waals surface area contributed by atoms with E-state index in [0.717, 1.165) is 5.56 Å². The van der Waals surface area contributed by atoms with Crippen LogP contribution in [0.5, 0.6) is 0 Å². The van der Waals surface area contributed by atoms with Gasteiger partial charge in [-0.2, -0.15) is 0 Å². The Kier molecular flexibility index (Phi) is 3.19. The van der Waals surface area contributed by atoms with Crippen molar-refractivity contribution in [3.8, 4) is 0 Å². The molecule has 0 saturated heterocycles. The summed E-state index contributed by atoms with van der Waals surface area (Å²) in [7, 11) is 0. The molecule has 0 fully saturated rings. The molecule has 0 saturated carbocycles. The minimum Gasteiger partial charge on any atom is -0.479 e.